The normalized spacial score (nSPS) is 12.0. The lowest BCUT2D eigenvalue weighted by Gasteiger charge is -2.27. The molecule has 0 fully saturated rings. The zero-order valence-corrected chi connectivity index (χ0v) is 19.7. The second kappa shape index (κ2) is 11.1. The Hall–Kier alpha value is -3.85. The predicted octanol–water partition coefficient (Wildman–Crippen LogP) is 3.77. The summed E-state index contributed by atoms with van der Waals surface area (Å²) < 4.78 is 35.0. The van der Waals surface area contributed by atoms with Crippen molar-refractivity contribution in [2.75, 3.05) is 33.6 Å². The number of rotatable bonds is 10. The Morgan fingerprint density at radius 2 is 1.74 bits per heavy atom. The highest BCUT2D eigenvalue weighted by Crippen LogP contribution is 2.33. The van der Waals surface area contributed by atoms with Gasteiger partial charge < -0.3 is 28.4 Å². The number of fused-ring (bicyclic) bond motifs is 1. The van der Waals surface area contributed by atoms with E-state index >= 15 is 0 Å². The molecule has 0 atom stereocenters. The molecule has 0 spiro atoms. The summed E-state index contributed by atoms with van der Waals surface area (Å²) in [5.41, 5.74) is 1.14. The quantitative estimate of drug-likeness (QED) is 0.438. The first-order chi connectivity index (χ1) is 16.9. The Labute approximate surface area is 202 Å². The number of aryl methyl sites for hydroxylation is 1. The largest absolute Gasteiger partial charge is 0.464 e. The van der Waals surface area contributed by atoms with Crippen LogP contribution in [-0.4, -0.2) is 55.2 Å². The molecule has 2 amide bonds. The van der Waals surface area contributed by atoms with Crippen LogP contribution in [0.15, 0.2) is 59.0 Å². The van der Waals surface area contributed by atoms with Crippen LogP contribution in [0.4, 0.5) is 4.39 Å². The summed E-state index contributed by atoms with van der Waals surface area (Å²) in [6.07, 6.45) is 0. The molecule has 0 saturated carbocycles. The second-order valence-corrected chi connectivity index (χ2v) is 8.18. The van der Waals surface area contributed by atoms with Gasteiger partial charge in [0.05, 0.1) is 13.2 Å². The number of halogens is 1. The Bertz CT molecular complexity index is 1180. The van der Waals surface area contributed by atoms with E-state index in [0.29, 0.717) is 22.8 Å². The summed E-state index contributed by atoms with van der Waals surface area (Å²) >= 11 is 0. The van der Waals surface area contributed by atoms with Crippen molar-refractivity contribution >= 4 is 11.8 Å². The third-order valence-corrected chi connectivity index (χ3v) is 5.58. The van der Waals surface area contributed by atoms with E-state index in [0.717, 1.165) is 11.3 Å². The lowest BCUT2D eigenvalue weighted by atomic mass is 10.1. The van der Waals surface area contributed by atoms with E-state index in [2.05, 4.69) is 0 Å². The van der Waals surface area contributed by atoms with Crippen LogP contribution in [-0.2, 0) is 22.6 Å². The Kier molecular flexibility index (Phi) is 7.67. The highest BCUT2D eigenvalue weighted by atomic mass is 19.1. The monoisotopic (exact) mass is 482 g/mol. The Balaban J connectivity index is 1.54. The molecule has 184 valence electrons. The topological polar surface area (TPSA) is 81.5 Å². The number of carbonyl (C=O) groups excluding carboxylic acids is 2. The molecule has 9 heteroatoms. The van der Waals surface area contributed by atoms with Crippen LogP contribution in [0.3, 0.4) is 0 Å². The van der Waals surface area contributed by atoms with E-state index in [1.165, 1.54) is 36.3 Å². The molecule has 35 heavy (non-hydrogen) atoms. The zero-order chi connectivity index (χ0) is 24.8. The first kappa shape index (κ1) is 24.3. The molecular formula is C26H27FN2O6. The van der Waals surface area contributed by atoms with E-state index in [4.69, 9.17) is 18.6 Å². The number of ether oxygens (including phenoxy) is 3. The fourth-order valence-corrected chi connectivity index (χ4v) is 3.74. The van der Waals surface area contributed by atoms with Gasteiger partial charge in [0, 0.05) is 25.8 Å². The molecular weight excluding hydrogens is 455 g/mol. The lowest BCUT2D eigenvalue weighted by molar-refractivity contribution is -0.133. The van der Waals surface area contributed by atoms with Crippen molar-refractivity contribution < 1.29 is 32.6 Å². The van der Waals surface area contributed by atoms with Crippen molar-refractivity contribution in [3.05, 3.63) is 83.1 Å². The van der Waals surface area contributed by atoms with Crippen molar-refractivity contribution in [3.8, 4) is 11.5 Å². The SMILES string of the molecule is COCCN(CC(=O)N(Cc1ccc2c(c1)OCO2)Cc1ccc(C)o1)C(=O)c1ccc(F)cc1. The van der Waals surface area contributed by atoms with E-state index in [-0.39, 0.29) is 51.4 Å². The Morgan fingerprint density at radius 1 is 0.971 bits per heavy atom. The fraction of sp³-hybridized carbons (Fsp3) is 0.308. The summed E-state index contributed by atoms with van der Waals surface area (Å²) in [7, 11) is 1.52. The molecule has 8 nitrogen and oxygen atoms in total. The van der Waals surface area contributed by atoms with Gasteiger partial charge in [0.2, 0.25) is 12.7 Å². The third-order valence-electron chi connectivity index (χ3n) is 5.58. The molecule has 0 radical (unpaired) electrons. The number of furan rings is 1. The number of amides is 2. The maximum absolute atomic E-state index is 13.5. The van der Waals surface area contributed by atoms with Crippen LogP contribution in [0.5, 0.6) is 11.5 Å². The van der Waals surface area contributed by atoms with Crippen molar-refractivity contribution in [3.63, 3.8) is 0 Å². The zero-order valence-electron chi connectivity index (χ0n) is 19.7. The van der Waals surface area contributed by atoms with Crippen molar-refractivity contribution in [2.45, 2.75) is 20.0 Å². The minimum absolute atomic E-state index is 0.160. The van der Waals surface area contributed by atoms with Crippen LogP contribution in [0.25, 0.3) is 0 Å². The number of methoxy groups -OCH3 is 1. The van der Waals surface area contributed by atoms with Gasteiger partial charge in [-0.2, -0.15) is 0 Å². The van der Waals surface area contributed by atoms with E-state index in [1.54, 1.807) is 11.0 Å². The first-order valence-corrected chi connectivity index (χ1v) is 11.2. The van der Waals surface area contributed by atoms with Gasteiger partial charge in [0.15, 0.2) is 11.5 Å². The molecule has 0 unspecified atom stereocenters. The van der Waals surface area contributed by atoms with Crippen LogP contribution in [0, 0.1) is 12.7 Å². The van der Waals surface area contributed by atoms with Crippen LogP contribution in [0.2, 0.25) is 0 Å². The van der Waals surface area contributed by atoms with Gasteiger partial charge >= 0.3 is 0 Å². The van der Waals surface area contributed by atoms with E-state index in [9.17, 15) is 14.0 Å². The minimum atomic E-state index is -0.440. The summed E-state index contributed by atoms with van der Waals surface area (Å²) in [5.74, 6) is 1.55. The van der Waals surface area contributed by atoms with Gasteiger partial charge in [-0.3, -0.25) is 9.59 Å². The molecule has 2 aromatic carbocycles. The van der Waals surface area contributed by atoms with E-state index < -0.39 is 5.82 Å². The molecule has 4 rings (SSSR count). The Morgan fingerprint density at radius 3 is 2.46 bits per heavy atom. The highest BCUT2D eigenvalue weighted by molar-refractivity contribution is 5.96. The summed E-state index contributed by atoms with van der Waals surface area (Å²) in [5, 5.41) is 0. The minimum Gasteiger partial charge on any atom is -0.464 e. The smallest absolute Gasteiger partial charge is 0.254 e. The average molecular weight is 483 g/mol. The third kappa shape index (κ3) is 6.19. The standard InChI is InChI=1S/C26H27FN2O6/c1-18-3-9-22(35-18)15-29(14-19-4-10-23-24(13-19)34-17-33-23)25(30)16-28(11-12-32-2)26(31)20-5-7-21(27)8-6-20/h3-10,13H,11-12,14-17H2,1-2H3. The van der Waals surface area contributed by atoms with Gasteiger partial charge in [-0.15, -0.1) is 0 Å². The van der Waals surface area contributed by atoms with Gasteiger partial charge in [-0.1, -0.05) is 6.07 Å². The molecule has 0 bridgehead atoms. The molecule has 0 N–H and O–H groups in total. The molecule has 2 heterocycles. The average Bonchev–Trinajstić information content (AvgIpc) is 3.49. The number of hydrogen-bond donors (Lipinski definition) is 0. The number of benzene rings is 2. The summed E-state index contributed by atoms with van der Waals surface area (Å²) in [6, 6.07) is 14.4. The van der Waals surface area contributed by atoms with Crippen molar-refractivity contribution in [1.82, 2.24) is 9.80 Å². The second-order valence-electron chi connectivity index (χ2n) is 8.18. The van der Waals surface area contributed by atoms with Crippen molar-refractivity contribution in [1.29, 1.82) is 0 Å². The maximum atomic E-state index is 13.5. The maximum Gasteiger partial charge on any atom is 0.254 e. The number of nitrogens with zero attached hydrogens (tertiary/aromatic N) is 2. The molecule has 0 aliphatic carbocycles. The predicted molar refractivity (Wildman–Crippen MR) is 124 cm³/mol. The highest BCUT2D eigenvalue weighted by Gasteiger charge is 2.24. The van der Waals surface area contributed by atoms with Crippen LogP contribution in [0.1, 0.15) is 27.4 Å². The molecule has 1 aliphatic rings. The van der Waals surface area contributed by atoms with Crippen molar-refractivity contribution in [2.24, 2.45) is 0 Å². The summed E-state index contributed by atoms with van der Waals surface area (Å²) in [4.78, 5) is 29.6. The van der Waals surface area contributed by atoms with Gasteiger partial charge in [0.1, 0.15) is 23.9 Å². The van der Waals surface area contributed by atoms with E-state index in [1.807, 2.05) is 31.2 Å². The molecule has 1 aromatic heterocycles. The fourth-order valence-electron chi connectivity index (χ4n) is 3.74. The van der Waals surface area contributed by atoms with Gasteiger partial charge in [0.25, 0.3) is 5.91 Å². The first-order valence-electron chi connectivity index (χ1n) is 11.2. The van der Waals surface area contributed by atoms with Gasteiger partial charge in [-0.25, -0.2) is 4.39 Å². The molecule has 3 aromatic rings. The number of hydrogen-bond acceptors (Lipinski definition) is 6. The lowest BCUT2D eigenvalue weighted by Crippen LogP contribution is -2.43. The van der Waals surface area contributed by atoms with Gasteiger partial charge in [-0.05, 0) is 61.0 Å². The number of carbonyl (C=O) groups is 2. The molecule has 1 aliphatic heterocycles. The molecule has 0 saturated heterocycles. The van der Waals surface area contributed by atoms with Crippen LogP contribution >= 0.6 is 0 Å². The van der Waals surface area contributed by atoms with Crippen LogP contribution < -0.4 is 9.47 Å². The summed E-state index contributed by atoms with van der Waals surface area (Å²) in [6.45, 7) is 2.77.